The fourth-order valence-electron chi connectivity index (χ4n) is 2.15. The molecule has 8 nitrogen and oxygen atoms in total. The quantitative estimate of drug-likeness (QED) is 0.202. The van der Waals surface area contributed by atoms with Crippen LogP contribution in [0.4, 0.5) is 5.69 Å². The van der Waals surface area contributed by atoms with Crippen LogP contribution >= 0.6 is 24.0 Å². The molecule has 1 aliphatic rings. The van der Waals surface area contributed by atoms with Crippen LogP contribution in [0.25, 0.3) is 6.08 Å². The number of aromatic hydroxyl groups is 2. The van der Waals surface area contributed by atoms with Gasteiger partial charge in [0, 0.05) is 12.1 Å². The van der Waals surface area contributed by atoms with Crippen LogP contribution < -0.4 is 0 Å². The highest BCUT2D eigenvalue weighted by Crippen LogP contribution is 2.34. The molecular weight excluding hydrogens is 390 g/mol. The third-order valence-corrected chi connectivity index (χ3v) is 4.78. The van der Waals surface area contributed by atoms with Crippen molar-refractivity contribution in [2.24, 2.45) is 5.10 Å². The Labute approximate surface area is 162 Å². The van der Waals surface area contributed by atoms with Crippen LogP contribution in [0.5, 0.6) is 11.5 Å². The minimum absolute atomic E-state index is 0.0437. The van der Waals surface area contributed by atoms with Crippen molar-refractivity contribution in [3.8, 4) is 11.5 Å². The van der Waals surface area contributed by atoms with Gasteiger partial charge in [-0.1, -0.05) is 17.8 Å². The van der Waals surface area contributed by atoms with E-state index in [0.717, 1.165) is 16.8 Å². The van der Waals surface area contributed by atoms with Gasteiger partial charge in [-0.2, -0.15) is 10.1 Å². The summed E-state index contributed by atoms with van der Waals surface area (Å²) in [4.78, 5) is 22.9. The number of nitro groups is 1. The number of phenols is 2. The largest absolute Gasteiger partial charge is 0.504 e. The van der Waals surface area contributed by atoms with E-state index in [1.807, 2.05) is 0 Å². The van der Waals surface area contributed by atoms with Crippen molar-refractivity contribution in [2.75, 3.05) is 0 Å². The topological polar surface area (TPSA) is 116 Å². The number of carbonyl (C=O) groups excluding carboxylic acids is 1. The summed E-state index contributed by atoms with van der Waals surface area (Å²) < 4.78 is 0.229. The number of phenolic OH excluding ortho intramolecular Hbond substituents is 2. The van der Waals surface area contributed by atoms with Crippen molar-refractivity contribution in [3.05, 3.63) is 68.6 Å². The predicted molar refractivity (Wildman–Crippen MR) is 105 cm³/mol. The SMILES string of the molecule is O=C1/C(=C\c2ccc(O)c(O)c2)SC(=S)N1/N=C/c1ccc([N+](=O)[O-])cc1. The van der Waals surface area contributed by atoms with Gasteiger partial charge in [-0.3, -0.25) is 14.9 Å². The molecule has 0 bridgehead atoms. The summed E-state index contributed by atoms with van der Waals surface area (Å²) in [7, 11) is 0. The van der Waals surface area contributed by atoms with Gasteiger partial charge >= 0.3 is 0 Å². The van der Waals surface area contributed by atoms with E-state index < -0.39 is 10.8 Å². The summed E-state index contributed by atoms with van der Waals surface area (Å²) in [5, 5.41) is 34.6. The van der Waals surface area contributed by atoms with Crippen LogP contribution in [-0.4, -0.2) is 36.6 Å². The average Bonchev–Trinajstić information content (AvgIpc) is 2.90. The van der Waals surface area contributed by atoms with Crippen molar-refractivity contribution in [3.63, 3.8) is 0 Å². The number of benzene rings is 2. The monoisotopic (exact) mass is 401 g/mol. The number of hydrogen-bond donors (Lipinski definition) is 2. The highest BCUT2D eigenvalue weighted by molar-refractivity contribution is 8.26. The third-order valence-electron chi connectivity index (χ3n) is 3.50. The molecule has 1 amide bonds. The highest BCUT2D eigenvalue weighted by atomic mass is 32.2. The van der Waals surface area contributed by atoms with E-state index >= 15 is 0 Å². The van der Waals surface area contributed by atoms with E-state index in [0.29, 0.717) is 16.0 Å². The molecule has 0 unspecified atom stereocenters. The second-order valence-electron chi connectivity index (χ2n) is 5.33. The number of hydrazone groups is 1. The van der Waals surface area contributed by atoms with Crippen molar-refractivity contribution >= 4 is 52.2 Å². The molecule has 0 aromatic heterocycles. The third kappa shape index (κ3) is 4.13. The molecule has 136 valence electrons. The first kappa shape index (κ1) is 18.5. The fraction of sp³-hybridized carbons (Fsp3) is 0. The molecule has 3 rings (SSSR count). The summed E-state index contributed by atoms with van der Waals surface area (Å²) in [6.45, 7) is 0. The molecule has 1 heterocycles. The molecule has 2 aromatic carbocycles. The van der Waals surface area contributed by atoms with Gasteiger partial charge in [0.15, 0.2) is 15.8 Å². The van der Waals surface area contributed by atoms with E-state index in [1.165, 1.54) is 48.7 Å². The lowest BCUT2D eigenvalue weighted by Crippen LogP contribution is -2.22. The lowest BCUT2D eigenvalue weighted by atomic mass is 10.2. The van der Waals surface area contributed by atoms with Crippen LogP contribution in [0.3, 0.4) is 0 Å². The summed E-state index contributed by atoms with van der Waals surface area (Å²) in [6, 6.07) is 9.87. The van der Waals surface area contributed by atoms with Crippen LogP contribution in [0, 0.1) is 10.1 Å². The maximum absolute atomic E-state index is 12.5. The van der Waals surface area contributed by atoms with Crippen LogP contribution in [0.15, 0.2) is 52.5 Å². The first-order valence-corrected chi connectivity index (χ1v) is 8.66. The summed E-state index contributed by atoms with van der Waals surface area (Å²) >= 11 is 6.21. The summed E-state index contributed by atoms with van der Waals surface area (Å²) in [6.07, 6.45) is 2.91. The average molecular weight is 401 g/mol. The van der Waals surface area contributed by atoms with Crippen LogP contribution in [0.1, 0.15) is 11.1 Å². The first-order chi connectivity index (χ1) is 12.8. The number of rotatable bonds is 4. The minimum atomic E-state index is -0.505. The summed E-state index contributed by atoms with van der Waals surface area (Å²) in [5.41, 5.74) is 1.05. The van der Waals surface area contributed by atoms with Crippen molar-refractivity contribution in [1.29, 1.82) is 0 Å². The lowest BCUT2D eigenvalue weighted by molar-refractivity contribution is -0.384. The molecule has 2 aromatic rings. The Morgan fingerprint density at radius 3 is 2.41 bits per heavy atom. The predicted octanol–water partition coefficient (Wildman–Crippen LogP) is 3.24. The van der Waals surface area contributed by atoms with Crippen molar-refractivity contribution in [1.82, 2.24) is 5.01 Å². The molecule has 0 spiro atoms. The summed E-state index contributed by atoms with van der Waals surface area (Å²) in [5.74, 6) is -0.987. The van der Waals surface area contributed by atoms with Gasteiger partial charge in [-0.05, 0) is 53.7 Å². The Morgan fingerprint density at radius 1 is 1.11 bits per heavy atom. The maximum atomic E-state index is 12.5. The Kier molecular flexibility index (Phi) is 5.19. The molecule has 0 saturated carbocycles. The number of nitrogens with zero attached hydrogens (tertiary/aromatic N) is 3. The van der Waals surface area contributed by atoms with Crippen molar-refractivity contribution in [2.45, 2.75) is 0 Å². The van der Waals surface area contributed by atoms with E-state index in [-0.39, 0.29) is 21.5 Å². The van der Waals surface area contributed by atoms with E-state index in [9.17, 15) is 25.1 Å². The number of hydrogen-bond acceptors (Lipinski definition) is 8. The fourth-order valence-corrected chi connectivity index (χ4v) is 3.32. The second-order valence-corrected chi connectivity index (χ2v) is 7.01. The number of amides is 1. The molecule has 1 fully saturated rings. The number of nitro benzene ring substituents is 1. The molecule has 0 atom stereocenters. The minimum Gasteiger partial charge on any atom is -0.504 e. The van der Waals surface area contributed by atoms with Crippen LogP contribution in [-0.2, 0) is 4.79 Å². The van der Waals surface area contributed by atoms with E-state index in [4.69, 9.17) is 12.2 Å². The van der Waals surface area contributed by atoms with Crippen LogP contribution in [0.2, 0.25) is 0 Å². The Bertz CT molecular complexity index is 1000. The molecule has 27 heavy (non-hydrogen) atoms. The Morgan fingerprint density at radius 2 is 1.78 bits per heavy atom. The highest BCUT2D eigenvalue weighted by Gasteiger charge is 2.32. The molecule has 0 radical (unpaired) electrons. The molecule has 1 aliphatic heterocycles. The smallest absolute Gasteiger partial charge is 0.286 e. The van der Waals surface area contributed by atoms with Gasteiger partial charge in [-0.25, -0.2) is 0 Å². The van der Waals surface area contributed by atoms with Gasteiger partial charge < -0.3 is 10.2 Å². The zero-order chi connectivity index (χ0) is 19.6. The van der Waals surface area contributed by atoms with E-state index in [2.05, 4.69) is 5.10 Å². The lowest BCUT2D eigenvalue weighted by Gasteiger charge is -2.06. The number of non-ortho nitro benzene ring substituents is 1. The Hall–Kier alpha value is -3.24. The first-order valence-electron chi connectivity index (χ1n) is 7.43. The maximum Gasteiger partial charge on any atom is 0.286 e. The van der Waals surface area contributed by atoms with Gasteiger partial charge in [0.2, 0.25) is 0 Å². The van der Waals surface area contributed by atoms with Gasteiger partial charge in [0.25, 0.3) is 11.6 Å². The number of carbonyl (C=O) groups is 1. The zero-order valence-corrected chi connectivity index (χ0v) is 15.1. The standard InChI is InChI=1S/C17H11N3O5S2/c21-13-6-3-11(7-14(13)22)8-15-16(23)19(17(26)27-15)18-9-10-1-4-12(5-2-10)20(24)25/h1-9,21-22H/b15-8+,18-9+. The number of thiocarbonyl (C=S) groups is 1. The number of thioether (sulfide) groups is 1. The zero-order valence-electron chi connectivity index (χ0n) is 13.5. The van der Waals surface area contributed by atoms with Gasteiger partial charge in [0.05, 0.1) is 16.0 Å². The molecule has 0 aliphatic carbocycles. The molecular formula is C17H11N3O5S2. The van der Waals surface area contributed by atoms with Crippen molar-refractivity contribution < 1.29 is 19.9 Å². The molecule has 10 heteroatoms. The normalized spacial score (nSPS) is 15.9. The van der Waals surface area contributed by atoms with E-state index in [1.54, 1.807) is 6.07 Å². The molecule has 2 N–H and O–H groups in total. The van der Waals surface area contributed by atoms with Gasteiger partial charge in [0.1, 0.15) is 0 Å². The van der Waals surface area contributed by atoms with Gasteiger partial charge in [-0.15, -0.1) is 0 Å². The Balaban J connectivity index is 1.78. The second kappa shape index (κ2) is 7.56. The molecule has 1 saturated heterocycles.